The first kappa shape index (κ1) is 22.3. The molecule has 2 aliphatic rings. The summed E-state index contributed by atoms with van der Waals surface area (Å²) < 4.78 is 33.9. The average Bonchev–Trinajstić information content (AvgIpc) is 3.50. The number of nitrogens with zero attached hydrogens (tertiary/aromatic N) is 4. The molecule has 9 nitrogen and oxygen atoms in total. The molecule has 5 rings (SSSR count). The summed E-state index contributed by atoms with van der Waals surface area (Å²) in [4.78, 5) is 17.3. The number of amides is 1. The summed E-state index contributed by atoms with van der Waals surface area (Å²) >= 11 is 0. The third kappa shape index (κ3) is 4.86. The van der Waals surface area contributed by atoms with E-state index in [0.29, 0.717) is 43.0 Å². The highest BCUT2D eigenvalue weighted by molar-refractivity contribution is 6.04. The molecule has 1 aliphatic heterocycles. The van der Waals surface area contributed by atoms with Crippen molar-refractivity contribution < 1.29 is 23.4 Å². The Kier molecular flexibility index (Phi) is 6.14. The third-order valence-corrected chi connectivity index (χ3v) is 5.66. The van der Waals surface area contributed by atoms with Gasteiger partial charge >= 0.3 is 0 Å². The molecule has 1 unspecified atom stereocenters. The predicted octanol–water partition coefficient (Wildman–Crippen LogP) is 4.02. The van der Waals surface area contributed by atoms with Gasteiger partial charge in [0, 0.05) is 18.5 Å². The highest BCUT2D eigenvalue weighted by Gasteiger charge is 2.27. The monoisotopic (exact) mass is 467 g/mol. The van der Waals surface area contributed by atoms with Gasteiger partial charge in [-0.3, -0.25) is 4.79 Å². The molecule has 10 heteroatoms. The number of nitrogens with one attached hydrogen (secondary N) is 1. The van der Waals surface area contributed by atoms with Gasteiger partial charge in [-0.25, -0.2) is 9.37 Å². The maximum atomic E-state index is 14.7. The second-order valence-corrected chi connectivity index (χ2v) is 8.71. The van der Waals surface area contributed by atoms with Gasteiger partial charge < -0.3 is 24.1 Å². The van der Waals surface area contributed by atoms with E-state index < -0.39 is 11.7 Å². The molecule has 2 aromatic heterocycles. The summed E-state index contributed by atoms with van der Waals surface area (Å²) in [5.74, 6) is 0.116. The van der Waals surface area contributed by atoms with E-state index >= 15 is 0 Å². The molecule has 0 bridgehead atoms. The number of halogens is 1. The fraction of sp³-hybridized carbons (Fsp3) is 0.417. The fourth-order valence-electron chi connectivity index (χ4n) is 3.67. The van der Waals surface area contributed by atoms with Crippen LogP contribution in [0, 0.1) is 5.82 Å². The summed E-state index contributed by atoms with van der Waals surface area (Å²) in [6.07, 6.45) is 4.66. The van der Waals surface area contributed by atoms with Gasteiger partial charge in [0.2, 0.25) is 0 Å². The number of hydrogen-bond donors (Lipinski definition) is 1. The number of aromatic nitrogens is 4. The van der Waals surface area contributed by atoms with Gasteiger partial charge in [0.25, 0.3) is 5.91 Å². The van der Waals surface area contributed by atoms with Crippen LogP contribution in [0.3, 0.4) is 0 Å². The van der Waals surface area contributed by atoms with Gasteiger partial charge in [-0.15, -0.1) is 10.2 Å². The van der Waals surface area contributed by atoms with Crippen molar-refractivity contribution in [2.45, 2.75) is 51.4 Å². The Balaban J connectivity index is 1.30. The third-order valence-electron chi connectivity index (χ3n) is 5.66. The van der Waals surface area contributed by atoms with E-state index in [0.717, 1.165) is 12.8 Å². The van der Waals surface area contributed by atoms with Crippen molar-refractivity contribution in [2.75, 3.05) is 18.5 Å². The number of rotatable bonds is 8. The molecule has 178 valence electrons. The van der Waals surface area contributed by atoms with Crippen LogP contribution in [0.5, 0.6) is 11.5 Å². The van der Waals surface area contributed by atoms with Crippen LogP contribution in [0.15, 0.2) is 36.7 Å². The molecule has 3 aromatic rings. The standard InChI is InChI=1S/C24H26FN5O4/c1-14(2)30-13-26-29-23(30)19-4-3-5-22(27-19)28-24(31)17-10-21-20(11-18(17)25)33-12-16(34-21)8-9-32-15-6-7-15/h3-5,10-11,13-16H,6-9,12H2,1-2H3,(H,27,28,31). The Morgan fingerprint density at radius 2 is 2.15 bits per heavy atom. The number of carbonyl (C=O) groups excluding carboxylic acids is 1. The van der Waals surface area contributed by atoms with Crippen molar-refractivity contribution in [3.63, 3.8) is 0 Å². The van der Waals surface area contributed by atoms with Gasteiger partial charge in [0.05, 0.1) is 18.3 Å². The second-order valence-electron chi connectivity index (χ2n) is 8.71. The number of ether oxygens (including phenoxy) is 3. The van der Waals surface area contributed by atoms with E-state index in [4.69, 9.17) is 14.2 Å². The lowest BCUT2D eigenvalue weighted by atomic mass is 10.1. The quantitative estimate of drug-likeness (QED) is 0.534. The van der Waals surface area contributed by atoms with Crippen LogP contribution in [0.4, 0.5) is 10.2 Å². The van der Waals surface area contributed by atoms with Crippen molar-refractivity contribution in [3.8, 4) is 23.0 Å². The Hall–Kier alpha value is -3.53. The molecule has 34 heavy (non-hydrogen) atoms. The minimum absolute atomic E-state index is 0.140. The minimum Gasteiger partial charge on any atom is -0.486 e. The first-order valence-electron chi connectivity index (χ1n) is 11.4. The number of anilines is 1. The zero-order chi connectivity index (χ0) is 23.7. The van der Waals surface area contributed by atoms with Gasteiger partial charge in [0.1, 0.15) is 36.4 Å². The number of pyridine rings is 1. The SMILES string of the molecule is CC(C)n1cnnc1-c1cccc(NC(=O)c2cc3c(cc2F)OCC(CCOC2CC2)O3)n1. The summed E-state index contributed by atoms with van der Waals surface area (Å²) in [6.45, 7) is 4.90. The van der Waals surface area contributed by atoms with Gasteiger partial charge in [0.15, 0.2) is 17.3 Å². The van der Waals surface area contributed by atoms with Crippen LogP contribution >= 0.6 is 0 Å². The maximum Gasteiger partial charge on any atom is 0.259 e. The minimum atomic E-state index is -0.703. The van der Waals surface area contributed by atoms with Crippen molar-refractivity contribution in [3.05, 3.63) is 48.0 Å². The largest absolute Gasteiger partial charge is 0.486 e. The van der Waals surface area contributed by atoms with E-state index in [9.17, 15) is 9.18 Å². The Morgan fingerprint density at radius 3 is 2.94 bits per heavy atom. The van der Waals surface area contributed by atoms with Crippen LogP contribution in [-0.2, 0) is 4.74 Å². The number of carbonyl (C=O) groups is 1. The molecule has 1 amide bonds. The zero-order valence-corrected chi connectivity index (χ0v) is 19.0. The van der Waals surface area contributed by atoms with Crippen LogP contribution in [0.2, 0.25) is 0 Å². The van der Waals surface area contributed by atoms with Crippen LogP contribution in [0.25, 0.3) is 11.5 Å². The van der Waals surface area contributed by atoms with Gasteiger partial charge in [-0.05, 0) is 44.9 Å². The normalized spacial score (nSPS) is 17.1. The van der Waals surface area contributed by atoms with Crippen molar-refractivity contribution >= 4 is 11.7 Å². The summed E-state index contributed by atoms with van der Waals surface area (Å²) in [5.41, 5.74) is 0.387. The first-order chi connectivity index (χ1) is 16.5. The molecular weight excluding hydrogens is 441 g/mol. The number of benzene rings is 1. The summed E-state index contributed by atoms with van der Waals surface area (Å²) in [6, 6.07) is 7.83. The molecule has 1 fully saturated rings. The highest BCUT2D eigenvalue weighted by Crippen LogP contribution is 2.35. The Labute approximate surface area is 196 Å². The van der Waals surface area contributed by atoms with Crippen LogP contribution in [-0.4, -0.2) is 51.1 Å². The first-order valence-corrected chi connectivity index (χ1v) is 11.4. The topological polar surface area (TPSA) is 100 Å². The Bertz CT molecular complexity index is 1190. The molecular formula is C24H26FN5O4. The summed E-state index contributed by atoms with van der Waals surface area (Å²) in [7, 11) is 0. The lowest BCUT2D eigenvalue weighted by molar-refractivity contribution is 0.0435. The number of hydrogen-bond acceptors (Lipinski definition) is 7. The number of fused-ring (bicyclic) bond motifs is 1. The van der Waals surface area contributed by atoms with E-state index in [-0.39, 0.29) is 29.3 Å². The van der Waals surface area contributed by atoms with E-state index in [1.165, 1.54) is 12.1 Å². The molecule has 0 saturated heterocycles. The fourth-order valence-corrected chi connectivity index (χ4v) is 3.67. The lowest BCUT2D eigenvalue weighted by Gasteiger charge is -2.27. The zero-order valence-electron chi connectivity index (χ0n) is 19.0. The molecule has 0 radical (unpaired) electrons. The maximum absolute atomic E-state index is 14.7. The van der Waals surface area contributed by atoms with E-state index in [2.05, 4.69) is 20.5 Å². The lowest BCUT2D eigenvalue weighted by Crippen LogP contribution is -2.31. The van der Waals surface area contributed by atoms with Gasteiger partial charge in [-0.1, -0.05) is 6.07 Å². The Morgan fingerprint density at radius 1 is 1.29 bits per heavy atom. The molecule has 1 saturated carbocycles. The summed E-state index contributed by atoms with van der Waals surface area (Å²) in [5, 5.41) is 10.7. The predicted molar refractivity (Wildman–Crippen MR) is 121 cm³/mol. The molecule has 1 aliphatic carbocycles. The second kappa shape index (κ2) is 9.38. The van der Waals surface area contributed by atoms with Crippen molar-refractivity contribution in [2.24, 2.45) is 0 Å². The van der Waals surface area contributed by atoms with Crippen molar-refractivity contribution in [1.29, 1.82) is 0 Å². The molecule has 1 N–H and O–H groups in total. The van der Waals surface area contributed by atoms with Crippen LogP contribution < -0.4 is 14.8 Å². The average molecular weight is 468 g/mol. The van der Waals surface area contributed by atoms with Gasteiger partial charge in [-0.2, -0.15) is 0 Å². The smallest absolute Gasteiger partial charge is 0.259 e. The van der Waals surface area contributed by atoms with E-state index in [1.54, 1.807) is 24.5 Å². The van der Waals surface area contributed by atoms with Crippen LogP contribution in [0.1, 0.15) is 49.5 Å². The van der Waals surface area contributed by atoms with E-state index in [1.807, 2.05) is 18.4 Å². The highest BCUT2D eigenvalue weighted by atomic mass is 19.1. The molecule has 1 atom stereocenters. The molecule has 3 heterocycles. The molecule has 1 aromatic carbocycles. The molecule has 0 spiro atoms. The van der Waals surface area contributed by atoms with Crippen molar-refractivity contribution in [1.82, 2.24) is 19.7 Å².